The molecule has 4 rings (SSSR count). The van der Waals surface area contributed by atoms with Gasteiger partial charge in [0.25, 0.3) is 0 Å². The summed E-state index contributed by atoms with van der Waals surface area (Å²) in [5.41, 5.74) is 2.10. The predicted molar refractivity (Wildman–Crippen MR) is 112 cm³/mol. The predicted octanol–water partition coefficient (Wildman–Crippen LogP) is 4.69. The van der Waals surface area contributed by atoms with E-state index in [0.717, 1.165) is 11.4 Å². The molecule has 148 valence electrons. The third kappa shape index (κ3) is 4.33. The van der Waals surface area contributed by atoms with Crippen LogP contribution in [0.2, 0.25) is 5.02 Å². The molecule has 1 amide bonds. The summed E-state index contributed by atoms with van der Waals surface area (Å²) in [7, 11) is 0. The summed E-state index contributed by atoms with van der Waals surface area (Å²) in [6, 6.07) is 12.5. The molecule has 0 saturated heterocycles. The lowest BCUT2D eigenvalue weighted by molar-refractivity contribution is -0.115. The topological polar surface area (TPSA) is 97.4 Å². The maximum absolute atomic E-state index is 11.5. The fourth-order valence-corrected chi connectivity index (χ4v) is 2.89. The van der Waals surface area contributed by atoms with Crippen LogP contribution >= 0.6 is 11.6 Å². The Bertz CT molecular complexity index is 1040. The second-order valence-electron chi connectivity index (χ2n) is 6.15. The van der Waals surface area contributed by atoms with Crippen LogP contribution in [-0.2, 0) is 4.79 Å². The standard InChI is InChI=1S/C20H18ClN5O3/c1-2-17(27)23-12-3-5-13(6-4-12)24-20-22-10-9-16(26-20)25-18-14(21)7-8-15-19(18)29-11-28-15/h3-10H,2,11H2,1H3,(H,23,27)(H2,22,24,25,26). The zero-order valence-electron chi connectivity index (χ0n) is 15.5. The van der Waals surface area contributed by atoms with Crippen LogP contribution in [0.25, 0.3) is 0 Å². The third-order valence-electron chi connectivity index (χ3n) is 4.14. The number of amides is 1. The van der Waals surface area contributed by atoms with Gasteiger partial charge in [0.05, 0.1) is 5.02 Å². The van der Waals surface area contributed by atoms with Gasteiger partial charge in [-0.1, -0.05) is 18.5 Å². The van der Waals surface area contributed by atoms with Gasteiger partial charge in [0.1, 0.15) is 11.5 Å². The third-order valence-corrected chi connectivity index (χ3v) is 4.46. The number of halogens is 1. The molecule has 29 heavy (non-hydrogen) atoms. The Labute approximate surface area is 172 Å². The number of carbonyl (C=O) groups is 1. The van der Waals surface area contributed by atoms with Crippen molar-refractivity contribution in [3.63, 3.8) is 0 Å². The van der Waals surface area contributed by atoms with E-state index in [1.54, 1.807) is 31.3 Å². The monoisotopic (exact) mass is 411 g/mol. The Kier molecular flexibility index (Phi) is 5.35. The average molecular weight is 412 g/mol. The molecule has 1 aliphatic rings. The maximum atomic E-state index is 11.5. The van der Waals surface area contributed by atoms with E-state index in [1.807, 2.05) is 24.3 Å². The second kappa shape index (κ2) is 8.24. The van der Waals surface area contributed by atoms with E-state index in [9.17, 15) is 4.79 Å². The minimum Gasteiger partial charge on any atom is -0.454 e. The molecule has 2 aromatic carbocycles. The molecule has 0 bridgehead atoms. The molecule has 8 nitrogen and oxygen atoms in total. The Hall–Kier alpha value is -3.52. The van der Waals surface area contributed by atoms with E-state index < -0.39 is 0 Å². The lowest BCUT2D eigenvalue weighted by atomic mass is 10.2. The number of hydrogen-bond acceptors (Lipinski definition) is 7. The maximum Gasteiger partial charge on any atom is 0.231 e. The van der Waals surface area contributed by atoms with Crippen LogP contribution in [0, 0.1) is 0 Å². The Morgan fingerprint density at radius 1 is 1.07 bits per heavy atom. The quantitative estimate of drug-likeness (QED) is 0.541. The molecule has 2 heterocycles. The van der Waals surface area contributed by atoms with E-state index in [0.29, 0.717) is 40.4 Å². The average Bonchev–Trinajstić information content (AvgIpc) is 3.21. The summed E-state index contributed by atoms with van der Waals surface area (Å²) in [6.45, 7) is 1.95. The van der Waals surface area contributed by atoms with Crippen LogP contribution in [0.4, 0.5) is 28.8 Å². The van der Waals surface area contributed by atoms with Crippen molar-refractivity contribution in [2.24, 2.45) is 0 Å². The van der Waals surface area contributed by atoms with Gasteiger partial charge in [0.15, 0.2) is 11.5 Å². The van der Waals surface area contributed by atoms with Crippen LogP contribution in [0.15, 0.2) is 48.7 Å². The number of fused-ring (bicyclic) bond motifs is 1. The summed E-state index contributed by atoms with van der Waals surface area (Å²) < 4.78 is 10.9. The fourth-order valence-electron chi connectivity index (χ4n) is 2.70. The number of rotatable bonds is 6. The SMILES string of the molecule is CCC(=O)Nc1ccc(Nc2nccc(Nc3c(Cl)ccc4c3OCO4)n2)cc1. The smallest absolute Gasteiger partial charge is 0.231 e. The number of anilines is 5. The van der Waals surface area contributed by atoms with Crippen LogP contribution in [0.1, 0.15) is 13.3 Å². The first-order valence-electron chi connectivity index (χ1n) is 8.97. The molecule has 3 N–H and O–H groups in total. The van der Waals surface area contributed by atoms with Gasteiger partial charge in [-0.15, -0.1) is 0 Å². The number of hydrogen-bond donors (Lipinski definition) is 3. The van der Waals surface area contributed by atoms with E-state index in [-0.39, 0.29) is 12.7 Å². The van der Waals surface area contributed by atoms with Crippen molar-refractivity contribution < 1.29 is 14.3 Å². The summed E-state index contributed by atoms with van der Waals surface area (Å²) in [5, 5.41) is 9.58. The van der Waals surface area contributed by atoms with Gasteiger partial charge >= 0.3 is 0 Å². The number of nitrogens with zero attached hydrogens (tertiary/aromatic N) is 2. The highest BCUT2D eigenvalue weighted by molar-refractivity contribution is 6.33. The molecule has 0 radical (unpaired) electrons. The molecule has 0 saturated carbocycles. The Morgan fingerprint density at radius 2 is 1.86 bits per heavy atom. The van der Waals surface area contributed by atoms with Crippen molar-refractivity contribution >= 4 is 46.3 Å². The summed E-state index contributed by atoms with van der Waals surface area (Å²) in [6.07, 6.45) is 2.06. The fraction of sp³-hybridized carbons (Fsp3) is 0.150. The minimum absolute atomic E-state index is 0.0340. The summed E-state index contributed by atoms with van der Waals surface area (Å²) in [4.78, 5) is 20.1. The number of benzene rings is 2. The zero-order chi connectivity index (χ0) is 20.2. The van der Waals surface area contributed by atoms with Crippen molar-refractivity contribution in [2.75, 3.05) is 22.7 Å². The second-order valence-corrected chi connectivity index (χ2v) is 6.56. The van der Waals surface area contributed by atoms with Crippen molar-refractivity contribution in [1.82, 2.24) is 9.97 Å². The van der Waals surface area contributed by atoms with E-state index in [1.165, 1.54) is 0 Å². The zero-order valence-corrected chi connectivity index (χ0v) is 16.3. The molecule has 0 atom stereocenters. The number of nitrogens with one attached hydrogen (secondary N) is 3. The van der Waals surface area contributed by atoms with Crippen LogP contribution in [-0.4, -0.2) is 22.7 Å². The van der Waals surface area contributed by atoms with E-state index in [2.05, 4.69) is 25.9 Å². The highest BCUT2D eigenvalue weighted by Crippen LogP contribution is 2.44. The molecule has 3 aromatic rings. The van der Waals surface area contributed by atoms with E-state index in [4.69, 9.17) is 21.1 Å². The lowest BCUT2D eigenvalue weighted by Crippen LogP contribution is -2.09. The first kappa shape index (κ1) is 18.8. The Morgan fingerprint density at radius 3 is 2.66 bits per heavy atom. The van der Waals surface area contributed by atoms with Gasteiger partial charge < -0.3 is 25.4 Å². The van der Waals surface area contributed by atoms with Crippen molar-refractivity contribution in [3.05, 3.63) is 53.7 Å². The lowest BCUT2D eigenvalue weighted by Gasteiger charge is -2.12. The molecular weight excluding hydrogens is 394 g/mol. The minimum atomic E-state index is -0.0340. The molecule has 0 unspecified atom stereocenters. The normalized spacial score (nSPS) is 11.8. The van der Waals surface area contributed by atoms with Crippen molar-refractivity contribution in [3.8, 4) is 11.5 Å². The molecule has 0 spiro atoms. The molecule has 0 aliphatic carbocycles. The largest absolute Gasteiger partial charge is 0.454 e. The van der Waals surface area contributed by atoms with Crippen LogP contribution in [0.5, 0.6) is 11.5 Å². The van der Waals surface area contributed by atoms with Gasteiger partial charge in [0, 0.05) is 24.0 Å². The molecular formula is C20H18ClN5O3. The Balaban J connectivity index is 1.49. The van der Waals surface area contributed by atoms with Gasteiger partial charge in [-0.3, -0.25) is 4.79 Å². The van der Waals surface area contributed by atoms with Gasteiger partial charge in [0.2, 0.25) is 18.6 Å². The van der Waals surface area contributed by atoms with Crippen molar-refractivity contribution in [1.29, 1.82) is 0 Å². The highest BCUT2D eigenvalue weighted by Gasteiger charge is 2.21. The molecule has 1 aliphatic heterocycles. The number of ether oxygens (including phenoxy) is 2. The van der Waals surface area contributed by atoms with Gasteiger partial charge in [-0.25, -0.2) is 4.98 Å². The highest BCUT2D eigenvalue weighted by atomic mass is 35.5. The summed E-state index contributed by atoms with van der Waals surface area (Å²) in [5.74, 6) is 2.09. The molecule has 0 fully saturated rings. The van der Waals surface area contributed by atoms with Crippen LogP contribution in [0.3, 0.4) is 0 Å². The molecule has 9 heteroatoms. The van der Waals surface area contributed by atoms with Gasteiger partial charge in [-0.2, -0.15) is 4.98 Å². The van der Waals surface area contributed by atoms with Crippen LogP contribution < -0.4 is 25.4 Å². The summed E-state index contributed by atoms with van der Waals surface area (Å²) >= 11 is 6.30. The van der Waals surface area contributed by atoms with Gasteiger partial charge in [-0.05, 0) is 42.5 Å². The number of aromatic nitrogens is 2. The van der Waals surface area contributed by atoms with Crippen molar-refractivity contribution in [2.45, 2.75) is 13.3 Å². The number of carbonyl (C=O) groups excluding carboxylic acids is 1. The first-order valence-corrected chi connectivity index (χ1v) is 9.35. The first-order chi connectivity index (χ1) is 14.1. The van der Waals surface area contributed by atoms with E-state index >= 15 is 0 Å². The molecule has 1 aromatic heterocycles.